The van der Waals surface area contributed by atoms with Gasteiger partial charge in [0.25, 0.3) is 0 Å². The zero-order chi connectivity index (χ0) is 29.6. The normalized spacial score (nSPS) is 35.4. The van der Waals surface area contributed by atoms with Gasteiger partial charge < -0.3 is 18.9 Å². The minimum Gasteiger partial charge on any atom is -0.355 e. The summed E-state index contributed by atoms with van der Waals surface area (Å²) >= 11 is 7.64. The molecule has 0 saturated carbocycles. The molecule has 1 aliphatic heterocycles. The predicted molar refractivity (Wildman–Crippen MR) is 178 cm³/mol. The molecule has 0 aromatic rings. The first kappa shape index (κ1) is 38.8. The summed E-state index contributed by atoms with van der Waals surface area (Å²) in [5.41, 5.74) is 0. The zero-order valence-corrected chi connectivity index (χ0v) is 30.3. The highest BCUT2D eigenvalue weighted by molar-refractivity contribution is 9.09. The van der Waals surface area contributed by atoms with Crippen molar-refractivity contribution in [3.8, 4) is 0 Å². The minimum absolute atomic E-state index is 0.437. The third-order valence-corrected chi connectivity index (χ3v) is 11.0. The molecular weight excluding hydrogens is 632 g/mol. The van der Waals surface area contributed by atoms with Crippen molar-refractivity contribution < 1.29 is 18.9 Å². The largest absolute Gasteiger partial charge is 0.355 e. The van der Waals surface area contributed by atoms with Crippen molar-refractivity contribution in [2.24, 2.45) is 47.3 Å². The Labute approximate surface area is 266 Å². The highest BCUT2D eigenvalue weighted by atomic mass is 79.9. The van der Waals surface area contributed by atoms with E-state index in [0.717, 1.165) is 98.3 Å². The van der Waals surface area contributed by atoms with Gasteiger partial charge in [0.2, 0.25) is 0 Å². The Morgan fingerprint density at radius 1 is 0.450 bits per heavy atom. The topological polar surface area (TPSA) is 36.9 Å². The molecule has 1 fully saturated rings. The molecule has 4 nitrogen and oxygen atoms in total. The molecule has 0 N–H and O–H groups in total. The van der Waals surface area contributed by atoms with Crippen LogP contribution in [0.3, 0.4) is 0 Å². The molecule has 0 bridgehead atoms. The zero-order valence-electron chi connectivity index (χ0n) is 27.1. The van der Waals surface area contributed by atoms with Crippen LogP contribution in [0.2, 0.25) is 0 Å². The van der Waals surface area contributed by atoms with Gasteiger partial charge >= 0.3 is 0 Å². The van der Waals surface area contributed by atoms with Gasteiger partial charge in [0.1, 0.15) is 13.6 Å². The molecular formula is C34H66Br2O4. The molecule has 0 aliphatic carbocycles. The average molecular weight is 699 g/mol. The van der Waals surface area contributed by atoms with E-state index in [1.54, 1.807) is 0 Å². The summed E-state index contributed by atoms with van der Waals surface area (Å²) in [6.45, 7) is 18.4. The molecule has 1 rings (SSSR count). The summed E-state index contributed by atoms with van der Waals surface area (Å²) < 4.78 is 23.5. The van der Waals surface area contributed by atoms with Crippen LogP contribution in [-0.2, 0) is 18.9 Å². The van der Waals surface area contributed by atoms with Crippen LogP contribution >= 0.6 is 31.9 Å². The molecule has 240 valence electrons. The number of ether oxygens (including phenoxy) is 4. The number of rotatable bonds is 4. The van der Waals surface area contributed by atoms with E-state index in [1.165, 1.54) is 51.4 Å². The average Bonchev–Trinajstić information content (AvgIpc) is 2.92. The molecule has 0 aromatic carbocycles. The van der Waals surface area contributed by atoms with Crippen molar-refractivity contribution in [2.75, 3.05) is 50.7 Å². The lowest BCUT2D eigenvalue weighted by molar-refractivity contribution is -0.0612. The maximum absolute atomic E-state index is 5.92. The molecule has 1 heterocycles. The maximum atomic E-state index is 5.92. The predicted octanol–water partition coefficient (Wildman–Crippen LogP) is 10.5. The highest BCUT2D eigenvalue weighted by Gasteiger charge is 2.20. The van der Waals surface area contributed by atoms with Crippen LogP contribution in [0.15, 0.2) is 0 Å². The second-order valence-corrected chi connectivity index (χ2v) is 14.7. The Kier molecular flexibility index (Phi) is 24.4. The summed E-state index contributed by atoms with van der Waals surface area (Å²) in [6.07, 6.45) is 14.7. The fraction of sp³-hybridized carbons (Fsp3) is 1.00. The fourth-order valence-corrected chi connectivity index (χ4v) is 7.78. The van der Waals surface area contributed by atoms with Crippen LogP contribution in [0, 0.1) is 47.3 Å². The van der Waals surface area contributed by atoms with Crippen molar-refractivity contribution in [1.29, 1.82) is 0 Å². The first-order valence-corrected chi connectivity index (χ1v) is 19.0. The molecule has 1 aliphatic rings. The van der Waals surface area contributed by atoms with Gasteiger partial charge in [-0.05, 0) is 112 Å². The number of alkyl halides is 2. The van der Waals surface area contributed by atoms with Gasteiger partial charge in [-0.2, -0.15) is 0 Å². The lowest BCUT2D eigenvalue weighted by atomic mass is 9.83. The van der Waals surface area contributed by atoms with Gasteiger partial charge in [0.15, 0.2) is 0 Å². The summed E-state index contributed by atoms with van der Waals surface area (Å²) in [5.74, 6) is 5.77. The molecule has 8 unspecified atom stereocenters. The van der Waals surface area contributed by atoms with Gasteiger partial charge in [-0.1, -0.05) is 86.2 Å². The first-order valence-electron chi connectivity index (χ1n) is 16.7. The van der Waals surface area contributed by atoms with Crippen LogP contribution in [-0.4, -0.2) is 50.7 Å². The third kappa shape index (κ3) is 19.9. The molecule has 0 radical (unpaired) electrons. The SMILES string of the molecule is CCC1CCOCOCCC(CC)CC(CBr)CC(C)CC(C)CCOCOCCC(C)CC(C)CC(CBr)C1. The molecule has 0 aromatic heterocycles. The van der Waals surface area contributed by atoms with E-state index in [-0.39, 0.29) is 0 Å². The summed E-state index contributed by atoms with van der Waals surface area (Å²) in [6, 6.07) is 0. The van der Waals surface area contributed by atoms with Crippen molar-refractivity contribution >= 4 is 31.9 Å². The first-order chi connectivity index (χ1) is 19.3. The van der Waals surface area contributed by atoms with Crippen LogP contribution < -0.4 is 0 Å². The van der Waals surface area contributed by atoms with E-state index in [1.807, 2.05) is 0 Å². The number of halogens is 2. The van der Waals surface area contributed by atoms with Crippen LogP contribution in [0.4, 0.5) is 0 Å². The third-order valence-electron chi connectivity index (χ3n) is 9.19. The van der Waals surface area contributed by atoms with Gasteiger partial charge in [-0.25, -0.2) is 0 Å². The van der Waals surface area contributed by atoms with Crippen LogP contribution in [0.1, 0.15) is 119 Å². The van der Waals surface area contributed by atoms with E-state index in [0.29, 0.717) is 25.4 Å². The van der Waals surface area contributed by atoms with E-state index in [4.69, 9.17) is 18.9 Å². The minimum atomic E-state index is 0.437. The molecule has 40 heavy (non-hydrogen) atoms. The van der Waals surface area contributed by atoms with Crippen LogP contribution in [0.5, 0.6) is 0 Å². The Hall–Kier alpha value is 0.800. The fourth-order valence-electron chi connectivity index (χ4n) is 6.73. The lowest BCUT2D eigenvalue weighted by Gasteiger charge is -2.26. The van der Waals surface area contributed by atoms with Crippen molar-refractivity contribution in [1.82, 2.24) is 0 Å². The Morgan fingerprint density at radius 2 is 0.800 bits per heavy atom. The highest BCUT2D eigenvalue weighted by Crippen LogP contribution is 2.30. The number of hydrogen-bond acceptors (Lipinski definition) is 4. The second kappa shape index (κ2) is 25.2. The Balaban J connectivity index is 2.64. The van der Waals surface area contributed by atoms with Crippen LogP contribution in [0.25, 0.3) is 0 Å². The summed E-state index contributed by atoms with van der Waals surface area (Å²) in [4.78, 5) is 0. The molecule has 8 atom stereocenters. The van der Waals surface area contributed by atoms with E-state index >= 15 is 0 Å². The molecule has 1 saturated heterocycles. The summed E-state index contributed by atoms with van der Waals surface area (Å²) in [7, 11) is 0. The van der Waals surface area contributed by atoms with E-state index in [2.05, 4.69) is 73.4 Å². The number of hydrogen-bond donors (Lipinski definition) is 0. The second-order valence-electron chi connectivity index (χ2n) is 13.4. The van der Waals surface area contributed by atoms with Gasteiger partial charge in [0, 0.05) is 37.1 Å². The molecule has 0 spiro atoms. The Bertz CT molecular complexity index is 520. The van der Waals surface area contributed by atoms with Gasteiger partial charge in [0.05, 0.1) is 0 Å². The van der Waals surface area contributed by atoms with Crippen molar-refractivity contribution in [3.05, 3.63) is 0 Å². The molecule has 0 amide bonds. The van der Waals surface area contributed by atoms with E-state index in [9.17, 15) is 0 Å². The summed E-state index contributed by atoms with van der Waals surface area (Å²) in [5, 5.41) is 2.19. The smallest absolute Gasteiger partial charge is 0.146 e. The van der Waals surface area contributed by atoms with Crippen molar-refractivity contribution in [2.45, 2.75) is 119 Å². The monoisotopic (exact) mass is 696 g/mol. The lowest BCUT2D eigenvalue weighted by Crippen LogP contribution is -2.18. The quantitative estimate of drug-likeness (QED) is 0.274. The van der Waals surface area contributed by atoms with E-state index < -0.39 is 0 Å². The Morgan fingerprint density at radius 3 is 1.12 bits per heavy atom. The molecule has 6 heteroatoms. The van der Waals surface area contributed by atoms with Crippen molar-refractivity contribution in [3.63, 3.8) is 0 Å². The van der Waals surface area contributed by atoms with Gasteiger partial charge in [-0.15, -0.1) is 0 Å². The van der Waals surface area contributed by atoms with Gasteiger partial charge in [-0.3, -0.25) is 0 Å². The standard InChI is InChI=1S/C34H66Br2O4/c1-7-31-11-15-39-26-40-16-12-32(8-2)22-34(24-36)20-30(6)18-28(4)10-14-38-25-37-13-9-27(3)17-29(5)19-33(21-31)23-35/h27-34H,7-26H2,1-6H3. The maximum Gasteiger partial charge on any atom is 0.146 e.